The first-order valence-corrected chi connectivity index (χ1v) is 10.4. The number of hydrogen-bond donors (Lipinski definition) is 1. The van der Waals surface area contributed by atoms with E-state index in [0.717, 1.165) is 0 Å². The topological polar surface area (TPSA) is 116 Å². The van der Waals surface area contributed by atoms with Gasteiger partial charge in [-0.2, -0.15) is 21.6 Å². The largest absolute Gasteiger partial charge is 0.534 e. The number of hydrogen-bond acceptors (Lipinski definition) is 7. The predicted octanol–water partition coefficient (Wildman–Crippen LogP) is 3.50. The number of methoxy groups -OCH3 is 1. The van der Waals surface area contributed by atoms with E-state index in [0.29, 0.717) is 11.1 Å². The Morgan fingerprint density at radius 3 is 2.45 bits per heavy atom. The van der Waals surface area contributed by atoms with E-state index in [-0.39, 0.29) is 36.3 Å². The number of carbonyl (C=O) groups is 2. The maximum Gasteiger partial charge on any atom is 0.534 e. The lowest BCUT2D eigenvalue weighted by molar-refractivity contribution is -0.137. The molecule has 0 aliphatic carbocycles. The minimum Gasteiger partial charge on any atom is -0.496 e. The number of ether oxygens (including phenoxy) is 2. The van der Waals surface area contributed by atoms with Gasteiger partial charge in [0.25, 0.3) is 0 Å². The van der Waals surface area contributed by atoms with Crippen LogP contribution in [-0.2, 0) is 32.7 Å². The maximum absolute atomic E-state index is 13.0. The molecule has 0 fully saturated rings. The normalized spacial score (nSPS) is 15.3. The molecule has 1 aliphatic heterocycles. The number of carboxylic acids is 1. The highest BCUT2D eigenvalue weighted by molar-refractivity contribution is 7.88. The van der Waals surface area contributed by atoms with Crippen LogP contribution in [0.2, 0.25) is 0 Å². The second kappa shape index (κ2) is 8.77. The summed E-state index contributed by atoms with van der Waals surface area (Å²) in [6.45, 7) is 4.55. The molecule has 0 spiro atoms. The van der Waals surface area contributed by atoms with Crippen molar-refractivity contribution in [3.8, 4) is 11.5 Å². The number of fused-ring (bicyclic) bond motifs is 1. The van der Waals surface area contributed by atoms with E-state index in [2.05, 4.69) is 4.18 Å². The first kappa shape index (κ1) is 24.5. The zero-order valence-electron chi connectivity index (χ0n) is 17.1. The van der Waals surface area contributed by atoms with Gasteiger partial charge in [0.05, 0.1) is 13.5 Å². The second-order valence-corrected chi connectivity index (χ2v) is 8.57. The number of carboxylic acid groups (broad SMARTS) is 1. The molecule has 0 amide bonds. The summed E-state index contributed by atoms with van der Waals surface area (Å²) in [6, 6.07) is 0. The third-order valence-corrected chi connectivity index (χ3v) is 5.94. The standard InChI is InChI=1S/C19H21F3O8S/c1-9(10(2)7-14(23)24)5-6-12-16(28-4)11(3)13-8-29-18(25)15(13)17(12)30-31(26,27)19(20,21)22/h5,10H,6-8H2,1-4H3,(H,23,24)/b9-5+. The Bertz CT molecular complexity index is 1040. The average molecular weight is 466 g/mol. The van der Waals surface area contributed by atoms with E-state index in [4.69, 9.17) is 14.6 Å². The summed E-state index contributed by atoms with van der Waals surface area (Å²) >= 11 is 0. The number of alkyl halides is 3. The molecule has 1 N–H and O–H groups in total. The van der Waals surface area contributed by atoms with Crippen molar-refractivity contribution in [2.45, 2.75) is 45.7 Å². The molecule has 2 rings (SSSR count). The quantitative estimate of drug-likeness (QED) is 0.268. The molecule has 0 radical (unpaired) electrons. The van der Waals surface area contributed by atoms with E-state index in [1.807, 2.05) is 0 Å². The molecule has 8 nitrogen and oxygen atoms in total. The fourth-order valence-electron chi connectivity index (χ4n) is 3.15. The van der Waals surface area contributed by atoms with Crippen LogP contribution in [0.5, 0.6) is 11.5 Å². The molecular weight excluding hydrogens is 445 g/mol. The van der Waals surface area contributed by atoms with Crippen molar-refractivity contribution < 1.29 is 49.9 Å². The van der Waals surface area contributed by atoms with Gasteiger partial charge in [0.1, 0.15) is 17.9 Å². The molecule has 172 valence electrons. The van der Waals surface area contributed by atoms with Gasteiger partial charge in [-0.05, 0) is 31.7 Å². The van der Waals surface area contributed by atoms with Crippen molar-refractivity contribution in [1.29, 1.82) is 0 Å². The molecule has 1 atom stereocenters. The monoisotopic (exact) mass is 466 g/mol. The summed E-state index contributed by atoms with van der Waals surface area (Å²) in [5.74, 6) is -3.22. The molecule has 1 aromatic carbocycles. The van der Waals surface area contributed by atoms with Crippen LogP contribution in [0.25, 0.3) is 0 Å². The number of allylic oxidation sites excluding steroid dienone is 2. The molecule has 12 heteroatoms. The molecule has 31 heavy (non-hydrogen) atoms. The van der Waals surface area contributed by atoms with Crippen LogP contribution >= 0.6 is 0 Å². The summed E-state index contributed by atoms with van der Waals surface area (Å²) in [5.41, 5.74) is -5.09. The Morgan fingerprint density at radius 1 is 1.32 bits per heavy atom. The van der Waals surface area contributed by atoms with Crippen LogP contribution in [0.1, 0.15) is 47.3 Å². The Morgan fingerprint density at radius 2 is 1.94 bits per heavy atom. The molecule has 0 saturated heterocycles. The van der Waals surface area contributed by atoms with Crippen LogP contribution in [0.4, 0.5) is 13.2 Å². The number of carbonyl (C=O) groups excluding carboxylic acids is 1. The summed E-state index contributed by atoms with van der Waals surface area (Å²) in [4.78, 5) is 23.1. The molecule has 1 aliphatic rings. The van der Waals surface area contributed by atoms with E-state index in [9.17, 15) is 31.2 Å². The van der Waals surface area contributed by atoms with Gasteiger partial charge in [-0.25, -0.2) is 4.79 Å². The minimum absolute atomic E-state index is 0.0411. The van der Waals surface area contributed by atoms with Crippen LogP contribution in [0.15, 0.2) is 11.6 Å². The van der Waals surface area contributed by atoms with E-state index >= 15 is 0 Å². The lowest BCUT2D eigenvalue weighted by Gasteiger charge is -2.20. The number of esters is 1. The lowest BCUT2D eigenvalue weighted by Crippen LogP contribution is -2.29. The van der Waals surface area contributed by atoms with Gasteiger partial charge in [-0.15, -0.1) is 0 Å². The highest BCUT2D eigenvalue weighted by Gasteiger charge is 2.50. The van der Waals surface area contributed by atoms with Crippen molar-refractivity contribution in [1.82, 2.24) is 0 Å². The highest BCUT2D eigenvalue weighted by Crippen LogP contribution is 2.44. The van der Waals surface area contributed by atoms with Crippen LogP contribution in [-0.4, -0.2) is 38.1 Å². The van der Waals surface area contributed by atoms with E-state index in [1.165, 1.54) is 13.2 Å². The van der Waals surface area contributed by atoms with Gasteiger partial charge in [0.2, 0.25) is 0 Å². The lowest BCUT2D eigenvalue weighted by atomic mass is 9.93. The molecule has 0 bridgehead atoms. The Balaban J connectivity index is 2.68. The SMILES string of the molecule is COc1c(C)c2c(c(OS(=O)(=O)C(F)(F)F)c1C/C=C(\C)C(C)CC(=O)O)C(=O)OC2. The molecular formula is C19H21F3O8S. The third kappa shape index (κ3) is 4.94. The zero-order chi connectivity index (χ0) is 23.7. The zero-order valence-corrected chi connectivity index (χ0v) is 17.9. The molecule has 1 aromatic rings. The molecule has 1 heterocycles. The average Bonchev–Trinajstić information content (AvgIpc) is 3.02. The summed E-state index contributed by atoms with van der Waals surface area (Å²) in [7, 11) is -4.85. The van der Waals surface area contributed by atoms with Crippen molar-refractivity contribution in [2.24, 2.45) is 5.92 Å². The molecule has 0 saturated carbocycles. The number of benzene rings is 1. The van der Waals surface area contributed by atoms with Gasteiger partial charge >= 0.3 is 27.6 Å². The summed E-state index contributed by atoms with van der Waals surface area (Å²) in [5, 5.41) is 8.93. The highest BCUT2D eigenvalue weighted by atomic mass is 32.2. The maximum atomic E-state index is 13.0. The summed E-state index contributed by atoms with van der Waals surface area (Å²) < 4.78 is 76.9. The smallest absolute Gasteiger partial charge is 0.496 e. The van der Waals surface area contributed by atoms with E-state index < -0.39 is 44.8 Å². The van der Waals surface area contributed by atoms with Gasteiger partial charge in [0.15, 0.2) is 5.75 Å². The van der Waals surface area contributed by atoms with Gasteiger partial charge in [0, 0.05) is 11.1 Å². The van der Waals surface area contributed by atoms with Gasteiger partial charge in [-0.3, -0.25) is 4.79 Å². The van der Waals surface area contributed by atoms with E-state index in [1.54, 1.807) is 20.8 Å². The van der Waals surface area contributed by atoms with Crippen molar-refractivity contribution in [2.75, 3.05) is 7.11 Å². The van der Waals surface area contributed by atoms with Crippen LogP contribution in [0, 0.1) is 12.8 Å². The number of rotatable bonds is 8. The van der Waals surface area contributed by atoms with Crippen molar-refractivity contribution in [3.05, 3.63) is 33.9 Å². The fraction of sp³-hybridized carbons (Fsp3) is 0.474. The predicted molar refractivity (Wildman–Crippen MR) is 101 cm³/mol. The first-order chi connectivity index (χ1) is 14.2. The Labute approximate surface area is 176 Å². The number of halogens is 3. The van der Waals surface area contributed by atoms with Crippen LogP contribution < -0.4 is 8.92 Å². The fourth-order valence-corrected chi connectivity index (χ4v) is 3.64. The minimum atomic E-state index is -6.09. The Hall–Kier alpha value is -2.76. The number of cyclic esters (lactones) is 1. The van der Waals surface area contributed by atoms with Crippen LogP contribution in [0.3, 0.4) is 0 Å². The van der Waals surface area contributed by atoms with Crippen molar-refractivity contribution in [3.63, 3.8) is 0 Å². The molecule has 1 unspecified atom stereocenters. The molecule has 0 aromatic heterocycles. The van der Waals surface area contributed by atoms with Gasteiger partial charge in [-0.1, -0.05) is 18.6 Å². The van der Waals surface area contributed by atoms with Gasteiger partial charge < -0.3 is 18.8 Å². The van der Waals surface area contributed by atoms with Crippen molar-refractivity contribution >= 4 is 22.1 Å². The third-order valence-electron chi connectivity index (χ3n) is 4.99. The number of aliphatic carboxylic acids is 1. The second-order valence-electron chi connectivity index (χ2n) is 7.03. The Kier molecular flexibility index (Phi) is 6.94. The summed E-state index contributed by atoms with van der Waals surface area (Å²) in [6.07, 6.45) is 1.16. The first-order valence-electron chi connectivity index (χ1n) is 8.99.